The third-order valence-corrected chi connectivity index (χ3v) is 3.41. The molecule has 110 valence electrons. The summed E-state index contributed by atoms with van der Waals surface area (Å²) in [5.74, 6) is 0. The van der Waals surface area contributed by atoms with Crippen LogP contribution in [0.5, 0.6) is 0 Å². The SMILES string of the molecule is CCCCN(C(=O)ONC(=O)OC)C1CCCCC1. The van der Waals surface area contributed by atoms with Crippen LogP contribution >= 0.6 is 0 Å². The van der Waals surface area contributed by atoms with Crippen LogP contribution in [-0.2, 0) is 9.57 Å². The number of nitrogens with zero attached hydrogens (tertiary/aromatic N) is 1. The van der Waals surface area contributed by atoms with E-state index < -0.39 is 12.2 Å². The molecule has 0 saturated heterocycles. The number of hydrogen-bond donors (Lipinski definition) is 1. The predicted octanol–water partition coefficient (Wildman–Crippen LogP) is 2.83. The van der Waals surface area contributed by atoms with Crippen molar-refractivity contribution >= 4 is 12.2 Å². The summed E-state index contributed by atoms with van der Waals surface area (Å²) in [5, 5.41) is 0. The van der Waals surface area contributed by atoms with Crippen LogP contribution in [0.3, 0.4) is 0 Å². The van der Waals surface area contributed by atoms with Crippen molar-refractivity contribution in [3.05, 3.63) is 0 Å². The van der Waals surface area contributed by atoms with Crippen molar-refractivity contribution in [1.82, 2.24) is 10.4 Å². The summed E-state index contributed by atoms with van der Waals surface area (Å²) < 4.78 is 4.36. The van der Waals surface area contributed by atoms with Gasteiger partial charge < -0.3 is 14.5 Å². The molecule has 6 nitrogen and oxygen atoms in total. The fraction of sp³-hybridized carbons (Fsp3) is 0.846. The number of methoxy groups -OCH3 is 1. The zero-order valence-corrected chi connectivity index (χ0v) is 11.8. The normalized spacial score (nSPS) is 15.7. The Morgan fingerprint density at radius 2 is 1.95 bits per heavy atom. The van der Waals surface area contributed by atoms with E-state index in [1.54, 1.807) is 4.90 Å². The summed E-state index contributed by atoms with van der Waals surface area (Å²) in [6.07, 6.45) is 6.22. The van der Waals surface area contributed by atoms with Crippen molar-refractivity contribution in [2.75, 3.05) is 13.7 Å². The highest BCUT2D eigenvalue weighted by molar-refractivity contribution is 5.72. The number of hydrogen-bond acceptors (Lipinski definition) is 4. The Morgan fingerprint density at radius 3 is 2.53 bits per heavy atom. The molecule has 0 radical (unpaired) electrons. The van der Waals surface area contributed by atoms with Crippen molar-refractivity contribution in [1.29, 1.82) is 0 Å². The summed E-state index contributed by atoms with van der Waals surface area (Å²) in [4.78, 5) is 29.4. The molecule has 0 aliphatic heterocycles. The molecule has 0 unspecified atom stereocenters. The van der Waals surface area contributed by atoms with Crippen LogP contribution in [0.1, 0.15) is 51.9 Å². The lowest BCUT2D eigenvalue weighted by Gasteiger charge is -2.33. The average Bonchev–Trinajstić information content (AvgIpc) is 2.46. The fourth-order valence-corrected chi connectivity index (χ4v) is 2.33. The number of rotatable bonds is 4. The van der Waals surface area contributed by atoms with Gasteiger partial charge in [-0.25, -0.2) is 9.59 Å². The Balaban J connectivity index is 2.50. The summed E-state index contributed by atoms with van der Waals surface area (Å²) >= 11 is 0. The second-order valence-electron chi connectivity index (χ2n) is 4.80. The van der Waals surface area contributed by atoms with Crippen molar-refractivity contribution in [2.45, 2.75) is 57.9 Å². The van der Waals surface area contributed by atoms with Crippen molar-refractivity contribution in [3.63, 3.8) is 0 Å². The lowest BCUT2D eigenvalue weighted by atomic mass is 9.94. The monoisotopic (exact) mass is 272 g/mol. The van der Waals surface area contributed by atoms with Gasteiger partial charge in [-0.1, -0.05) is 32.6 Å². The van der Waals surface area contributed by atoms with Gasteiger partial charge in [0.2, 0.25) is 0 Å². The maximum atomic E-state index is 12.0. The first-order chi connectivity index (χ1) is 9.19. The van der Waals surface area contributed by atoms with Gasteiger partial charge in [-0.15, -0.1) is 5.48 Å². The van der Waals surface area contributed by atoms with Gasteiger partial charge in [0.25, 0.3) is 0 Å². The Kier molecular flexibility index (Phi) is 7.07. The van der Waals surface area contributed by atoms with Gasteiger partial charge in [0.1, 0.15) is 0 Å². The van der Waals surface area contributed by atoms with Crippen LogP contribution in [0.25, 0.3) is 0 Å². The zero-order chi connectivity index (χ0) is 14.1. The molecule has 0 bridgehead atoms. The highest BCUT2D eigenvalue weighted by atomic mass is 16.7. The standard InChI is InChI=1S/C13H24N2O4/c1-3-4-10-15(11-8-6-5-7-9-11)13(17)19-14-12(16)18-2/h11H,3-10H2,1-2H3,(H,14,16). The minimum absolute atomic E-state index is 0.229. The number of carbonyl (C=O) groups excluding carboxylic acids is 2. The summed E-state index contributed by atoms with van der Waals surface area (Å²) in [5.41, 5.74) is 1.98. The maximum absolute atomic E-state index is 12.0. The molecule has 0 aromatic rings. The molecule has 19 heavy (non-hydrogen) atoms. The second-order valence-corrected chi connectivity index (χ2v) is 4.80. The minimum Gasteiger partial charge on any atom is -0.451 e. The van der Waals surface area contributed by atoms with E-state index >= 15 is 0 Å². The Morgan fingerprint density at radius 1 is 1.26 bits per heavy atom. The highest BCUT2D eigenvalue weighted by Crippen LogP contribution is 2.23. The van der Waals surface area contributed by atoms with E-state index in [4.69, 9.17) is 4.84 Å². The van der Waals surface area contributed by atoms with E-state index in [0.717, 1.165) is 38.5 Å². The van der Waals surface area contributed by atoms with Crippen LogP contribution in [0.2, 0.25) is 0 Å². The van der Waals surface area contributed by atoms with Gasteiger partial charge in [-0.3, -0.25) is 0 Å². The van der Waals surface area contributed by atoms with E-state index in [9.17, 15) is 9.59 Å². The number of unbranched alkanes of at least 4 members (excludes halogenated alkanes) is 1. The number of carbonyl (C=O) groups is 2. The van der Waals surface area contributed by atoms with Gasteiger partial charge in [0, 0.05) is 12.6 Å². The molecule has 1 rings (SSSR count). The topological polar surface area (TPSA) is 67.9 Å². The zero-order valence-electron chi connectivity index (χ0n) is 11.8. The van der Waals surface area contributed by atoms with Crippen LogP contribution in [0, 0.1) is 0 Å². The van der Waals surface area contributed by atoms with Crippen LogP contribution in [0.15, 0.2) is 0 Å². The molecular weight excluding hydrogens is 248 g/mol. The highest BCUT2D eigenvalue weighted by Gasteiger charge is 2.26. The summed E-state index contributed by atoms with van der Waals surface area (Å²) in [6, 6.07) is 0.229. The van der Waals surface area contributed by atoms with E-state index in [2.05, 4.69) is 11.7 Å². The molecule has 0 aromatic heterocycles. The molecule has 0 heterocycles. The van der Waals surface area contributed by atoms with Crippen molar-refractivity contribution < 1.29 is 19.2 Å². The molecule has 6 heteroatoms. The van der Waals surface area contributed by atoms with Crippen molar-refractivity contribution in [3.8, 4) is 0 Å². The molecule has 1 aliphatic rings. The van der Waals surface area contributed by atoms with E-state index in [0.29, 0.717) is 6.54 Å². The van der Waals surface area contributed by atoms with E-state index in [1.807, 2.05) is 5.48 Å². The van der Waals surface area contributed by atoms with E-state index in [-0.39, 0.29) is 6.04 Å². The van der Waals surface area contributed by atoms with Crippen LogP contribution in [0.4, 0.5) is 9.59 Å². The number of ether oxygens (including phenoxy) is 1. The van der Waals surface area contributed by atoms with Crippen molar-refractivity contribution in [2.24, 2.45) is 0 Å². The largest absolute Gasteiger partial charge is 0.451 e. The third kappa shape index (κ3) is 5.36. The third-order valence-electron chi connectivity index (χ3n) is 3.41. The number of amides is 2. The molecule has 0 spiro atoms. The molecule has 0 aromatic carbocycles. The van der Waals surface area contributed by atoms with Gasteiger partial charge in [0.05, 0.1) is 7.11 Å². The Bertz CT molecular complexity index is 290. The Hall–Kier alpha value is -1.46. The lowest BCUT2D eigenvalue weighted by Crippen LogP contribution is -2.44. The van der Waals surface area contributed by atoms with Crippen LogP contribution < -0.4 is 5.48 Å². The maximum Gasteiger partial charge on any atom is 0.440 e. The van der Waals surface area contributed by atoms with Gasteiger partial charge >= 0.3 is 12.2 Å². The smallest absolute Gasteiger partial charge is 0.440 e. The Labute approximate surface area is 114 Å². The molecule has 0 atom stereocenters. The predicted molar refractivity (Wildman–Crippen MR) is 70.5 cm³/mol. The first kappa shape index (κ1) is 15.6. The molecule has 1 aliphatic carbocycles. The van der Waals surface area contributed by atoms with Gasteiger partial charge in [-0.05, 0) is 19.3 Å². The molecule has 1 N–H and O–H groups in total. The lowest BCUT2D eigenvalue weighted by molar-refractivity contribution is 0.0339. The van der Waals surface area contributed by atoms with Crippen LogP contribution in [-0.4, -0.2) is 36.8 Å². The average molecular weight is 272 g/mol. The minimum atomic E-state index is -0.771. The molecule has 1 fully saturated rings. The molecule has 2 amide bonds. The van der Waals surface area contributed by atoms with Gasteiger partial charge in [-0.2, -0.15) is 0 Å². The molecule has 1 saturated carbocycles. The second kappa shape index (κ2) is 8.61. The first-order valence-corrected chi connectivity index (χ1v) is 7.00. The summed E-state index contributed by atoms with van der Waals surface area (Å²) in [7, 11) is 1.22. The van der Waals surface area contributed by atoms with Gasteiger partial charge in [0.15, 0.2) is 0 Å². The summed E-state index contributed by atoms with van der Waals surface area (Å²) in [6.45, 7) is 2.75. The first-order valence-electron chi connectivity index (χ1n) is 7.00. The molecular formula is C13H24N2O4. The van der Waals surface area contributed by atoms with E-state index in [1.165, 1.54) is 13.5 Å². The number of nitrogens with one attached hydrogen (secondary N) is 1. The quantitative estimate of drug-likeness (QED) is 0.799. The fourth-order valence-electron chi connectivity index (χ4n) is 2.33. The number of hydroxylamine groups is 1.